The summed E-state index contributed by atoms with van der Waals surface area (Å²) in [4.78, 5) is 57.0. The summed E-state index contributed by atoms with van der Waals surface area (Å²) in [6.07, 6.45) is 0. The maximum absolute atomic E-state index is 11.6. The van der Waals surface area contributed by atoms with E-state index in [-0.39, 0.29) is 37.0 Å². The van der Waals surface area contributed by atoms with Crippen molar-refractivity contribution in [1.29, 1.82) is 0 Å². The number of carbonyl (C=O) groups excluding carboxylic acids is 4. The van der Waals surface area contributed by atoms with Crippen LogP contribution in [0, 0.1) is 0 Å². The van der Waals surface area contributed by atoms with Crippen molar-refractivity contribution >= 4 is 23.6 Å². The fourth-order valence-electron chi connectivity index (χ4n) is 3.19. The van der Waals surface area contributed by atoms with Crippen molar-refractivity contribution in [3.8, 4) is 0 Å². The Morgan fingerprint density at radius 2 is 0.880 bits per heavy atom. The summed E-state index contributed by atoms with van der Waals surface area (Å²) in [5.41, 5.74) is 0. The van der Waals surface area contributed by atoms with Gasteiger partial charge in [0.05, 0.1) is 46.7 Å². The zero-order valence-corrected chi connectivity index (χ0v) is 15.3. The lowest BCUT2D eigenvalue weighted by Crippen LogP contribution is -2.66. The SMILES string of the molecule is CC(=O)N(CN1CN2CN(C1)CN(CN(C(C)=O)C(C)=O)C2)C(C)=O. The molecule has 0 atom stereocenters. The van der Waals surface area contributed by atoms with Gasteiger partial charge in [-0.25, -0.2) is 0 Å². The van der Waals surface area contributed by atoms with Gasteiger partial charge in [-0.3, -0.25) is 48.6 Å². The monoisotopic (exact) mass is 354 g/mol. The topological polar surface area (TPSA) is 87.7 Å². The molecule has 10 heteroatoms. The van der Waals surface area contributed by atoms with Crippen LogP contribution in [0.3, 0.4) is 0 Å². The predicted octanol–water partition coefficient (Wildman–Crippen LogP) is -1.29. The second kappa shape index (κ2) is 8.00. The van der Waals surface area contributed by atoms with Crippen molar-refractivity contribution in [3.05, 3.63) is 0 Å². The van der Waals surface area contributed by atoms with E-state index in [2.05, 4.69) is 9.80 Å². The van der Waals surface area contributed by atoms with Crippen LogP contribution in [0.2, 0.25) is 0 Å². The molecule has 0 radical (unpaired) electrons. The highest BCUT2D eigenvalue weighted by molar-refractivity contribution is 5.93. The van der Waals surface area contributed by atoms with Crippen LogP contribution >= 0.6 is 0 Å². The summed E-state index contributed by atoms with van der Waals surface area (Å²) in [5, 5.41) is 0. The minimum atomic E-state index is -0.270. The van der Waals surface area contributed by atoms with Crippen molar-refractivity contribution in [2.45, 2.75) is 27.7 Å². The minimum absolute atomic E-state index is 0.255. The summed E-state index contributed by atoms with van der Waals surface area (Å²) >= 11 is 0. The smallest absolute Gasteiger partial charge is 0.227 e. The lowest BCUT2D eigenvalue weighted by atomic mass is 10.4. The molecule has 10 nitrogen and oxygen atoms in total. The molecule has 0 aromatic carbocycles. The van der Waals surface area contributed by atoms with Crippen LogP contribution in [0.5, 0.6) is 0 Å². The Balaban J connectivity index is 1.94. The van der Waals surface area contributed by atoms with Crippen molar-refractivity contribution in [1.82, 2.24) is 29.4 Å². The molecule has 140 valence electrons. The van der Waals surface area contributed by atoms with Gasteiger partial charge in [-0.1, -0.05) is 0 Å². The number of fused-ring (bicyclic) bond motifs is 2. The molecule has 2 aliphatic heterocycles. The zero-order valence-electron chi connectivity index (χ0n) is 15.3. The van der Waals surface area contributed by atoms with E-state index in [1.165, 1.54) is 37.5 Å². The minimum Gasteiger partial charge on any atom is -0.275 e. The van der Waals surface area contributed by atoms with Gasteiger partial charge in [-0.15, -0.1) is 0 Å². The van der Waals surface area contributed by atoms with E-state index >= 15 is 0 Å². The van der Waals surface area contributed by atoms with Crippen LogP contribution in [0.25, 0.3) is 0 Å². The van der Waals surface area contributed by atoms with E-state index in [1.807, 2.05) is 9.80 Å². The molecule has 0 aromatic rings. The maximum atomic E-state index is 11.6. The van der Waals surface area contributed by atoms with Crippen molar-refractivity contribution in [3.63, 3.8) is 0 Å². The molecular weight excluding hydrogens is 328 g/mol. The predicted molar refractivity (Wildman–Crippen MR) is 87.8 cm³/mol. The highest BCUT2D eigenvalue weighted by Crippen LogP contribution is 2.15. The van der Waals surface area contributed by atoms with Crippen molar-refractivity contribution in [2.75, 3.05) is 46.7 Å². The summed E-state index contributed by atoms with van der Waals surface area (Å²) in [5.74, 6) is -1.08. The van der Waals surface area contributed by atoms with Gasteiger partial charge in [-0.05, 0) is 0 Å². The Morgan fingerprint density at radius 1 is 0.600 bits per heavy atom. The third kappa shape index (κ3) is 5.05. The highest BCUT2D eigenvalue weighted by atomic mass is 16.2. The average molecular weight is 354 g/mol. The van der Waals surface area contributed by atoms with Crippen LogP contribution in [-0.2, 0) is 19.2 Å². The fraction of sp³-hybridized carbons (Fsp3) is 0.733. The van der Waals surface area contributed by atoms with E-state index in [0.717, 1.165) is 6.67 Å². The van der Waals surface area contributed by atoms with E-state index < -0.39 is 0 Å². The first-order valence-corrected chi connectivity index (χ1v) is 8.14. The Hall–Kier alpha value is -1.88. The molecule has 25 heavy (non-hydrogen) atoms. The molecule has 2 fully saturated rings. The highest BCUT2D eigenvalue weighted by Gasteiger charge is 2.33. The molecule has 0 unspecified atom stereocenters. The van der Waals surface area contributed by atoms with Gasteiger partial charge in [0.15, 0.2) is 0 Å². The molecule has 2 bridgehead atoms. The van der Waals surface area contributed by atoms with E-state index in [4.69, 9.17) is 0 Å². The Labute approximate surface area is 147 Å². The van der Waals surface area contributed by atoms with Gasteiger partial charge in [0.25, 0.3) is 0 Å². The standard InChI is InChI=1S/C15H26N6O4/c1-12(22)20(13(2)23)10-18-6-16-5-17(7-18)9-19(8-16)11-21(14(3)24)15(4)25/h5-11H2,1-4H3. The molecule has 4 amide bonds. The molecule has 2 rings (SSSR count). The van der Waals surface area contributed by atoms with Crippen LogP contribution < -0.4 is 0 Å². The van der Waals surface area contributed by atoms with E-state index in [1.54, 1.807) is 0 Å². The van der Waals surface area contributed by atoms with E-state index in [9.17, 15) is 19.2 Å². The first-order chi connectivity index (χ1) is 11.7. The number of imide groups is 2. The van der Waals surface area contributed by atoms with Gasteiger partial charge < -0.3 is 0 Å². The third-order valence-electron chi connectivity index (χ3n) is 4.20. The molecule has 2 heterocycles. The van der Waals surface area contributed by atoms with Crippen molar-refractivity contribution < 1.29 is 19.2 Å². The molecule has 0 aliphatic carbocycles. The maximum Gasteiger partial charge on any atom is 0.227 e. The van der Waals surface area contributed by atoms with Crippen LogP contribution in [0.1, 0.15) is 27.7 Å². The first kappa shape index (κ1) is 19.4. The second-order valence-electron chi connectivity index (χ2n) is 6.61. The average Bonchev–Trinajstić information content (AvgIpc) is 2.48. The Morgan fingerprint density at radius 3 is 1.12 bits per heavy atom. The molecular formula is C15H26N6O4. The van der Waals surface area contributed by atoms with Gasteiger partial charge in [0, 0.05) is 27.7 Å². The number of nitrogens with zero attached hydrogens (tertiary/aromatic N) is 6. The number of amides is 4. The first-order valence-electron chi connectivity index (χ1n) is 8.14. The van der Waals surface area contributed by atoms with Crippen LogP contribution in [-0.4, -0.2) is 99.7 Å². The quantitative estimate of drug-likeness (QED) is 0.617. The Kier molecular flexibility index (Phi) is 6.22. The fourth-order valence-corrected chi connectivity index (χ4v) is 3.19. The second-order valence-corrected chi connectivity index (χ2v) is 6.61. The molecule has 2 saturated heterocycles. The molecule has 0 aromatic heterocycles. The summed E-state index contributed by atoms with van der Waals surface area (Å²) in [7, 11) is 0. The molecule has 0 N–H and O–H groups in total. The van der Waals surface area contributed by atoms with Gasteiger partial charge >= 0.3 is 0 Å². The third-order valence-corrected chi connectivity index (χ3v) is 4.20. The number of hydrogen-bond donors (Lipinski definition) is 0. The lowest BCUT2D eigenvalue weighted by Gasteiger charge is -2.50. The van der Waals surface area contributed by atoms with Gasteiger partial charge in [-0.2, -0.15) is 0 Å². The number of carbonyl (C=O) groups is 4. The largest absolute Gasteiger partial charge is 0.275 e. The summed E-state index contributed by atoms with van der Waals surface area (Å²) in [6.45, 7) is 9.21. The molecule has 2 aliphatic rings. The van der Waals surface area contributed by atoms with E-state index in [0.29, 0.717) is 26.7 Å². The summed E-state index contributed by atoms with van der Waals surface area (Å²) in [6, 6.07) is 0. The van der Waals surface area contributed by atoms with Crippen LogP contribution in [0.15, 0.2) is 0 Å². The normalized spacial score (nSPS) is 23.8. The molecule has 0 spiro atoms. The van der Waals surface area contributed by atoms with Gasteiger partial charge in [0.1, 0.15) is 0 Å². The zero-order chi connectivity index (χ0) is 18.7. The number of rotatable bonds is 4. The number of hydrogen-bond acceptors (Lipinski definition) is 8. The molecule has 0 saturated carbocycles. The lowest BCUT2D eigenvalue weighted by molar-refractivity contribution is -0.161. The van der Waals surface area contributed by atoms with Crippen LogP contribution in [0.4, 0.5) is 0 Å². The van der Waals surface area contributed by atoms with Gasteiger partial charge in [0.2, 0.25) is 23.6 Å². The Bertz CT molecular complexity index is 480. The summed E-state index contributed by atoms with van der Waals surface area (Å²) < 4.78 is 0. The van der Waals surface area contributed by atoms with Crippen molar-refractivity contribution in [2.24, 2.45) is 0 Å².